The molecule has 6 nitrogen and oxygen atoms in total. The number of morpholine rings is 1. The molecule has 2 atom stereocenters. The molecule has 0 aliphatic carbocycles. The summed E-state index contributed by atoms with van der Waals surface area (Å²) in [5.41, 5.74) is 1.43. The molecule has 2 N–H and O–H groups in total. The van der Waals surface area contributed by atoms with Crippen LogP contribution in [0.25, 0.3) is 22.1 Å². The van der Waals surface area contributed by atoms with Crippen molar-refractivity contribution in [1.82, 2.24) is 9.97 Å². The highest BCUT2D eigenvalue weighted by atomic mass is 16.5. The largest absolute Gasteiger partial charge is 0.449 e. The van der Waals surface area contributed by atoms with E-state index in [9.17, 15) is 4.79 Å². The van der Waals surface area contributed by atoms with E-state index < -0.39 is 0 Å². The Morgan fingerprint density at radius 3 is 2.78 bits per heavy atom. The van der Waals surface area contributed by atoms with E-state index in [4.69, 9.17) is 9.15 Å². The van der Waals surface area contributed by atoms with Crippen LogP contribution in [0.15, 0.2) is 33.5 Å². The van der Waals surface area contributed by atoms with Crippen molar-refractivity contribution in [2.24, 2.45) is 0 Å². The summed E-state index contributed by atoms with van der Waals surface area (Å²) in [6, 6.07) is 7.60. The minimum atomic E-state index is -0.213. The summed E-state index contributed by atoms with van der Waals surface area (Å²) in [5, 5.41) is 0.883. The molecule has 4 rings (SSSR count). The van der Waals surface area contributed by atoms with Crippen LogP contribution >= 0.6 is 0 Å². The zero-order chi connectivity index (χ0) is 16.0. The van der Waals surface area contributed by atoms with Gasteiger partial charge in [0.15, 0.2) is 5.82 Å². The van der Waals surface area contributed by atoms with Gasteiger partial charge in [-0.1, -0.05) is 12.1 Å². The third kappa shape index (κ3) is 2.64. The van der Waals surface area contributed by atoms with Gasteiger partial charge >= 0.3 is 0 Å². The Morgan fingerprint density at radius 1 is 1.26 bits per heavy atom. The lowest BCUT2D eigenvalue weighted by atomic mass is 10.2. The SMILES string of the molecule is C[C@@H]1C[NH+](Cc2nc3c(oc4ccccc43)c(=O)[nH]2)C[C@@H](C)O1. The number of H-pyrrole nitrogens is 1. The molecule has 120 valence electrons. The average Bonchev–Trinajstić information content (AvgIpc) is 2.86. The van der Waals surface area contributed by atoms with Gasteiger partial charge in [-0.15, -0.1) is 0 Å². The molecule has 1 aliphatic rings. The second-order valence-electron chi connectivity index (χ2n) is 6.38. The molecule has 1 aliphatic heterocycles. The minimum absolute atomic E-state index is 0.213. The fourth-order valence-corrected chi connectivity index (χ4v) is 3.50. The van der Waals surface area contributed by atoms with Gasteiger partial charge in [-0.3, -0.25) is 4.79 Å². The average molecular weight is 314 g/mol. The van der Waals surface area contributed by atoms with Crippen molar-refractivity contribution in [3.8, 4) is 0 Å². The third-order valence-corrected chi connectivity index (χ3v) is 4.31. The van der Waals surface area contributed by atoms with Crippen LogP contribution in [0.5, 0.6) is 0 Å². The molecular weight excluding hydrogens is 294 g/mol. The maximum absolute atomic E-state index is 12.3. The molecule has 1 saturated heterocycles. The topological polar surface area (TPSA) is 72.6 Å². The number of rotatable bonds is 2. The van der Waals surface area contributed by atoms with Gasteiger partial charge in [-0.2, -0.15) is 0 Å². The van der Waals surface area contributed by atoms with Gasteiger partial charge in [0.2, 0.25) is 5.58 Å². The van der Waals surface area contributed by atoms with E-state index in [-0.39, 0.29) is 17.8 Å². The Kier molecular flexibility index (Phi) is 3.43. The molecule has 0 amide bonds. The number of hydrogen-bond donors (Lipinski definition) is 2. The Labute approximate surface area is 133 Å². The number of nitrogens with one attached hydrogen (secondary N) is 2. The van der Waals surface area contributed by atoms with Crippen molar-refractivity contribution in [2.75, 3.05) is 13.1 Å². The van der Waals surface area contributed by atoms with Gasteiger partial charge in [-0.25, -0.2) is 4.98 Å². The van der Waals surface area contributed by atoms with Crippen LogP contribution in [0.3, 0.4) is 0 Å². The van der Waals surface area contributed by atoms with Crippen LogP contribution in [-0.4, -0.2) is 35.3 Å². The van der Waals surface area contributed by atoms with Gasteiger partial charge in [0.1, 0.15) is 42.9 Å². The number of furan rings is 1. The van der Waals surface area contributed by atoms with Gasteiger partial charge in [-0.05, 0) is 26.0 Å². The van der Waals surface area contributed by atoms with Crippen molar-refractivity contribution in [3.63, 3.8) is 0 Å². The van der Waals surface area contributed by atoms with Gasteiger partial charge < -0.3 is 19.0 Å². The first kappa shape index (κ1) is 14.4. The highest BCUT2D eigenvalue weighted by Crippen LogP contribution is 2.24. The van der Waals surface area contributed by atoms with E-state index in [1.54, 1.807) is 0 Å². The summed E-state index contributed by atoms with van der Waals surface area (Å²) in [5.74, 6) is 0.699. The number of nitrogens with zero attached hydrogens (tertiary/aromatic N) is 1. The Morgan fingerprint density at radius 2 is 2.00 bits per heavy atom. The standard InChI is InChI=1S/C17H19N3O3/c1-10-7-20(8-11(2)22-10)9-14-18-15-12-5-3-4-6-13(12)23-16(15)17(21)19-14/h3-6,10-11H,7-9H2,1-2H3,(H,18,19,21)/p+1/t10-,11-/m1/s1. The maximum Gasteiger partial charge on any atom is 0.294 e. The third-order valence-electron chi connectivity index (χ3n) is 4.31. The monoisotopic (exact) mass is 314 g/mol. The van der Waals surface area contributed by atoms with E-state index >= 15 is 0 Å². The second kappa shape index (κ2) is 5.47. The molecule has 23 heavy (non-hydrogen) atoms. The summed E-state index contributed by atoms with van der Waals surface area (Å²) in [7, 11) is 0. The highest BCUT2D eigenvalue weighted by Gasteiger charge is 2.26. The lowest BCUT2D eigenvalue weighted by molar-refractivity contribution is -0.928. The highest BCUT2D eigenvalue weighted by molar-refractivity contribution is 6.01. The molecule has 3 heterocycles. The number of fused-ring (bicyclic) bond motifs is 3. The van der Waals surface area contributed by atoms with Crippen molar-refractivity contribution >= 4 is 22.1 Å². The molecule has 1 aromatic carbocycles. The molecule has 2 aromatic heterocycles. The molecule has 1 fully saturated rings. The molecule has 0 radical (unpaired) electrons. The fourth-order valence-electron chi connectivity index (χ4n) is 3.50. The Balaban J connectivity index is 1.73. The Bertz CT molecular complexity index is 904. The maximum atomic E-state index is 12.3. The summed E-state index contributed by atoms with van der Waals surface area (Å²) >= 11 is 0. The zero-order valence-corrected chi connectivity index (χ0v) is 13.3. The van der Waals surface area contributed by atoms with Crippen LogP contribution in [0.1, 0.15) is 19.7 Å². The van der Waals surface area contributed by atoms with Crippen LogP contribution < -0.4 is 10.5 Å². The van der Waals surface area contributed by atoms with E-state index in [1.807, 2.05) is 24.3 Å². The predicted molar refractivity (Wildman–Crippen MR) is 86.5 cm³/mol. The van der Waals surface area contributed by atoms with Crippen molar-refractivity contribution in [1.29, 1.82) is 0 Å². The second-order valence-corrected chi connectivity index (χ2v) is 6.38. The molecule has 0 spiro atoms. The molecule has 0 bridgehead atoms. The lowest BCUT2D eigenvalue weighted by Crippen LogP contribution is -3.14. The first-order chi connectivity index (χ1) is 11.1. The van der Waals surface area contributed by atoms with Crippen molar-refractivity contribution in [3.05, 3.63) is 40.4 Å². The molecule has 0 unspecified atom stereocenters. The Hall–Kier alpha value is -2.18. The summed E-state index contributed by atoms with van der Waals surface area (Å²) in [4.78, 5) is 21.2. The number of hydrogen-bond acceptors (Lipinski definition) is 4. The van der Waals surface area contributed by atoms with Crippen LogP contribution in [-0.2, 0) is 11.3 Å². The fraction of sp³-hybridized carbons (Fsp3) is 0.412. The van der Waals surface area contributed by atoms with Gasteiger partial charge in [0.05, 0.1) is 0 Å². The lowest BCUT2D eigenvalue weighted by Gasteiger charge is -2.32. The molecular formula is C17H20N3O3+. The number of aromatic nitrogens is 2. The van der Waals surface area contributed by atoms with E-state index in [1.165, 1.54) is 4.90 Å². The number of ether oxygens (including phenoxy) is 1. The van der Waals surface area contributed by atoms with Crippen molar-refractivity contribution in [2.45, 2.75) is 32.6 Å². The zero-order valence-electron chi connectivity index (χ0n) is 13.3. The summed E-state index contributed by atoms with van der Waals surface area (Å²) in [6.07, 6.45) is 0.443. The molecule has 6 heteroatoms. The first-order valence-corrected chi connectivity index (χ1v) is 7.99. The number of quaternary nitrogens is 1. The number of para-hydroxylation sites is 1. The minimum Gasteiger partial charge on any atom is -0.449 e. The van der Waals surface area contributed by atoms with Crippen LogP contribution in [0.2, 0.25) is 0 Å². The summed E-state index contributed by atoms with van der Waals surface area (Å²) in [6.45, 7) is 6.68. The van der Waals surface area contributed by atoms with Gasteiger partial charge in [0, 0.05) is 5.39 Å². The first-order valence-electron chi connectivity index (χ1n) is 7.99. The predicted octanol–water partition coefficient (Wildman–Crippen LogP) is 0.861. The normalized spacial score (nSPS) is 25.2. The van der Waals surface area contributed by atoms with Crippen LogP contribution in [0.4, 0.5) is 0 Å². The van der Waals surface area contributed by atoms with E-state index in [0.29, 0.717) is 29.1 Å². The number of benzene rings is 1. The van der Waals surface area contributed by atoms with Crippen LogP contribution in [0, 0.1) is 0 Å². The molecule has 0 saturated carbocycles. The molecule has 3 aromatic rings. The summed E-state index contributed by atoms with van der Waals surface area (Å²) < 4.78 is 11.4. The van der Waals surface area contributed by atoms with Crippen molar-refractivity contribution < 1.29 is 14.1 Å². The van der Waals surface area contributed by atoms with E-state index in [2.05, 4.69) is 23.8 Å². The van der Waals surface area contributed by atoms with Gasteiger partial charge in [0.25, 0.3) is 5.56 Å². The quantitative estimate of drug-likeness (QED) is 0.736. The van der Waals surface area contributed by atoms with E-state index in [0.717, 1.165) is 18.5 Å². The number of aromatic amines is 1. The smallest absolute Gasteiger partial charge is 0.294 e.